The summed E-state index contributed by atoms with van der Waals surface area (Å²) in [7, 11) is 12.8. The molecule has 0 aromatic heterocycles. The van der Waals surface area contributed by atoms with Gasteiger partial charge in [-0.25, -0.2) is 0 Å². The van der Waals surface area contributed by atoms with Gasteiger partial charge in [-0.3, -0.25) is 0 Å². The van der Waals surface area contributed by atoms with Crippen LogP contribution in [0.25, 0.3) is 21.5 Å². The Morgan fingerprint density at radius 2 is 0.925 bits per heavy atom. The molecule has 0 nitrogen and oxygen atoms in total. The minimum atomic E-state index is -0.826. The second-order valence-corrected chi connectivity index (χ2v) is 15.2. The predicted octanol–water partition coefficient (Wildman–Crippen LogP) is 13.0. The van der Waals surface area contributed by atoms with E-state index in [0.29, 0.717) is 23.7 Å². The predicted molar refractivity (Wildman–Crippen MR) is 184 cm³/mol. The van der Waals surface area contributed by atoms with Crippen molar-refractivity contribution in [3.05, 3.63) is 88.8 Å². The van der Waals surface area contributed by atoms with E-state index < -0.39 is 20.8 Å². The van der Waals surface area contributed by atoms with Crippen molar-refractivity contribution in [3.8, 4) is 0 Å². The summed E-state index contributed by atoms with van der Waals surface area (Å²) >= 11 is -0.826. The molecular formula is C36H52Cl2SiZr-3. The topological polar surface area (TPSA) is 0 Å². The van der Waals surface area contributed by atoms with Gasteiger partial charge in [0.15, 0.2) is 0 Å². The molecule has 0 aliphatic heterocycles. The standard InChI is InChI=1S/2C16H21.C3H7.CH3Si.2ClH.Zr/c2*1-10(2)13-8-14-6-12(5)7-16(14)15(9-13)11(3)4;1-3-2;1-2;;;/h2*6-11H,1-5H3;1,3H2,2H3;1H3;2*1H;/q3*-1;;;;+2/p-2. The Morgan fingerprint density at radius 1 is 0.650 bits per heavy atom. The molecule has 0 spiro atoms. The van der Waals surface area contributed by atoms with Gasteiger partial charge in [-0.2, -0.15) is 18.6 Å². The van der Waals surface area contributed by atoms with Gasteiger partial charge in [0.2, 0.25) is 0 Å². The van der Waals surface area contributed by atoms with E-state index in [9.17, 15) is 0 Å². The molecule has 3 radical (unpaired) electrons. The molecule has 0 fully saturated rings. The fourth-order valence-corrected chi connectivity index (χ4v) is 4.67. The Hall–Kier alpha value is -0.660. The third-order valence-electron chi connectivity index (χ3n) is 6.62. The van der Waals surface area contributed by atoms with Crippen molar-refractivity contribution >= 4 is 48.8 Å². The molecule has 0 N–H and O–H groups in total. The third kappa shape index (κ3) is 12.3. The Kier molecular flexibility index (Phi) is 19.9. The van der Waals surface area contributed by atoms with Crippen LogP contribution in [0.15, 0.2) is 48.5 Å². The van der Waals surface area contributed by atoms with E-state index in [1.165, 1.54) is 54.9 Å². The van der Waals surface area contributed by atoms with Gasteiger partial charge in [-0.05, 0) is 23.7 Å². The second kappa shape index (κ2) is 20.3. The van der Waals surface area contributed by atoms with E-state index in [2.05, 4.69) is 135 Å². The molecule has 0 aliphatic carbocycles. The number of rotatable bonds is 4. The number of fused-ring (bicyclic) bond motifs is 2. The van der Waals surface area contributed by atoms with Crippen molar-refractivity contribution in [1.29, 1.82) is 0 Å². The summed E-state index contributed by atoms with van der Waals surface area (Å²) in [4.78, 5) is 0. The zero-order valence-corrected chi connectivity index (χ0v) is 32.1. The summed E-state index contributed by atoms with van der Waals surface area (Å²) in [6, 6.07) is 18.7. The molecule has 4 aromatic rings. The maximum atomic E-state index is 4.93. The van der Waals surface area contributed by atoms with Crippen LogP contribution in [0, 0.1) is 20.8 Å². The maximum absolute atomic E-state index is 4.93. The number of benzene rings is 2. The van der Waals surface area contributed by atoms with Crippen LogP contribution in [-0.2, 0) is 20.8 Å². The zero-order valence-electron chi connectivity index (χ0n) is 27.1. The molecule has 221 valence electrons. The summed E-state index contributed by atoms with van der Waals surface area (Å²) in [5.74, 6) is 2.42. The van der Waals surface area contributed by atoms with E-state index in [0.717, 1.165) is 6.42 Å². The van der Waals surface area contributed by atoms with Gasteiger partial charge in [0.25, 0.3) is 0 Å². The SMILES string of the molecule is C[Si].Cc1cc2c(C(C)C)cc(C(C)C)cc2[cH-]1.Cc1cc2c(C(C)C)cc(C(C)C)cc2[cH-]1.[CH2-]CC.[Cl][Zr][Cl]. The third-order valence-corrected chi connectivity index (χ3v) is 6.62. The number of hydrogen-bond donors (Lipinski definition) is 0. The van der Waals surface area contributed by atoms with Gasteiger partial charge in [-0.15, -0.1) is 56.9 Å². The van der Waals surface area contributed by atoms with Gasteiger partial charge in [-0.1, -0.05) is 117 Å². The van der Waals surface area contributed by atoms with Crippen molar-refractivity contribution in [2.45, 2.75) is 113 Å². The Balaban J connectivity index is 0.000000605. The van der Waals surface area contributed by atoms with E-state index in [-0.39, 0.29) is 0 Å². The number of aryl methyl sites for hydroxylation is 2. The first-order chi connectivity index (χ1) is 18.8. The molecule has 0 saturated heterocycles. The van der Waals surface area contributed by atoms with Gasteiger partial charge >= 0.3 is 37.9 Å². The van der Waals surface area contributed by atoms with Crippen LogP contribution in [0.2, 0.25) is 6.55 Å². The molecular weight excluding hydrogens is 623 g/mol. The molecule has 0 bridgehead atoms. The average Bonchev–Trinajstić information content (AvgIpc) is 3.45. The molecule has 4 heteroatoms. The van der Waals surface area contributed by atoms with E-state index in [1.54, 1.807) is 6.55 Å². The van der Waals surface area contributed by atoms with E-state index in [4.69, 9.17) is 17.0 Å². The average molecular weight is 675 g/mol. The normalized spacial score (nSPS) is 10.5. The summed E-state index contributed by atoms with van der Waals surface area (Å²) in [5, 5.41) is 5.70. The van der Waals surface area contributed by atoms with Crippen molar-refractivity contribution in [3.63, 3.8) is 0 Å². The molecule has 40 heavy (non-hydrogen) atoms. The zero-order chi connectivity index (χ0) is 31.2. The fourth-order valence-electron chi connectivity index (χ4n) is 4.67. The molecule has 0 amide bonds. The Bertz CT molecular complexity index is 1150. The Morgan fingerprint density at radius 3 is 1.15 bits per heavy atom. The molecule has 0 saturated carbocycles. The molecule has 4 rings (SSSR count). The van der Waals surface area contributed by atoms with E-state index >= 15 is 0 Å². The minimum absolute atomic E-state index is 0.600. The van der Waals surface area contributed by atoms with Crippen LogP contribution >= 0.6 is 17.0 Å². The Labute approximate surface area is 269 Å². The number of hydrogen-bond acceptors (Lipinski definition) is 0. The van der Waals surface area contributed by atoms with Crippen molar-refractivity contribution in [1.82, 2.24) is 0 Å². The first-order valence-corrected chi connectivity index (χ1v) is 21.8. The van der Waals surface area contributed by atoms with Crippen LogP contribution < -0.4 is 0 Å². The second-order valence-electron chi connectivity index (χ2n) is 11.5. The monoisotopic (exact) mass is 672 g/mol. The van der Waals surface area contributed by atoms with Crippen molar-refractivity contribution in [2.75, 3.05) is 0 Å². The van der Waals surface area contributed by atoms with Crippen LogP contribution in [-0.4, -0.2) is 10.2 Å². The molecule has 4 aromatic carbocycles. The quantitative estimate of drug-likeness (QED) is 0.149. The first kappa shape index (κ1) is 39.3. The van der Waals surface area contributed by atoms with Gasteiger partial charge in [0.1, 0.15) is 0 Å². The molecule has 0 unspecified atom stereocenters. The summed E-state index contributed by atoms with van der Waals surface area (Å²) < 4.78 is 0. The van der Waals surface area contributed by atoms with Crippen molar-refractivity contribution < 1.29 is 20.8 Å². The summed E-state index contributed by atoms with van der Waals surface area (Å²) in [5.41, 5.74) is 8.66. The van der Waals surface area contributed by atoms with Gasteiger partial charge in [0.05, 0.1) is 0 Å². The summed E-state index contributed by atoms with van der Waals surface area (Å²) in [6.07, 6.45) is 1.00. The van der Waals surface area contributed by atoms with Crippen LogP contribution in [0.5, 0.6) is 0 Å². The van der Waals surface area contributed by atoms with Crippen LogP contribution in [0.1, 0.15) is 126 Å². The van der Waals surface area contributed by atoms with E-state index in [1.807, 2.05) is 6.92 Å². The molecule has 0 aliphatic rings. The molecule has 0 heterocycles. The van der Waals surface area contributed by atoms with Crippen molar-refractivity contribution in [2.24, 2.45) is 0 Å². The molecule has 0 atom stereocenters. The summed E-state index contributed by atoms with van der Waals surface area (Å²) in [6.45, 7) is 29.8. The van der Waals surface area contributed by atoms with Gasteiger partial charge < -0.3 is 6.92 Å². The first-order valence-electron chi connectivity index (χ1n) is 14.5. The van der Waals surface area contributed by atoms with Crippen LogP contribution in [0.4, 0.5) is 0 Å². The van der Waals surface area contributed by atoms with Crippen LogP contribution in [0.3, 0.4) is 0 Å². The number of halogens is 2. The fraction of sp³-hybridized carbons (Fsp3) is 0.472. The van der Waals surface area contributed by atoms with Gasteiger partial charge in [0, 0.05) is 10.2 Å².